The highest BCUT2D eigenvalue weighted by Gasteiger charge is 2.53. The molecule has 1 aromatic heterocycles. The van der Waals surface area contributed by atoms with Gasteiger partial charge in [-0.1, -0.05) is 6.07 Å². The van der Waals surface area contributed by atoms with Gasteiger partial charge in [-0.25, -0.2) is 18.1 Å². The topological polar surface area (TPSA) is 79.3 Å². The summed E-state index contributed by atoms with van der Waals surface area (Å²) in [6, 6.07) is 3.01. The summed E-state index contributed by atoms with van der Waals surface area (Å²) in [6.07, 6.45) is 6.15. The lowest BCUT2D eigenvalue weighted by Crippen LogP contribution is -2.31. The maximum absolute atomic E-state index is 12.1. The van der Waals surface area contributed by atoms with Crippen molar-refractivity contribution in [1.29, 1.82) is 0 Å². The minimum atomic E-state index is -3.53. The fourth-order valence-electron chi connectivity index (χ4n) is 2.56. The van der Waals surface area contributed by atoms with Crippen molar-refractivity contribution in [2.45, 2.75) is 37.3 Å². The van der Waals surface area contributed by atoms with Gasteiger partial charge in [0.15, 0.2) is 5.03 Å². The van der Waals surface area contributed by atoms with E-state index in [1.54, 1.807) is 6.07 Å². The van der Waals surface area contributed by atoms with E-state index in [-0.39, 0.29) is 17.0 Å². The fraction of sp³-hybridized carbons (Fsp3) is 0.615. The second-order valence-electron chi connectivity index (χ2n) is 5.62. The molecule has 3 rings (SSSR count). The summed E-state index contributed by atoms with van der Waals surface area (Å²) in [5.74, 6) is 0.722. The Morgan fingerprint density at radius 2 is 2.11 bits per heavy atom. The summed E-state index contributed by atoms with van der Waals surface area (Å²) < 4.78 is 26.9. The molecule has 0 unspecified atom stereocenters. The molecule has 5 nitrogen and oxygen atoms in total. The van der Waals surface area contributed by atoms with E-state index >= 15 is 0 Å². The lowest BCUT2D eigenvalue weighted by molar-refractivity contribution is 0.281. The largest absolute Gasteiger partial charge is 0.392 e. The van der Waals surface area contributed by atoms with E-state index in [1.807, 2.05) is 0 Å². The Morgan fingerprint density at radius 3 is 2.58 bits per heavy atom. The van der Waals surface area contributed by atoms with Gasteiger partial charge < -0.3 is 5.11 Å². The van der Waals surface area contributed by atoms with Crippen LogP contribution >= 0.6 is 0 Å². The molecular weight excluding hydrogens is 264 g/mol. The number of sulfonamides is 1. The first-order chi connectivity index (χ1) is 9.06. The lowest BCUT2D eigenvalue weighted by Gasteiger charge is -2.14. The van der Waals surface area contributed by atoms with Crippen LogP contribution in [0.4, 0.5) is 0 Å². The molecule has 0 radical (unpaired) electrons. The third kappa shape index (κ3) is 2.66. The molecule has 1 aromatic rings. The Hall–Kier alpha value is -0.980. The molecule has 104 valence electrons. The molecule has 0 aliphatic heterocycles. The second kappa shape index (κ2) is 4.54. The molecule has 0 aromatic carbocycles. The SMILES string of the molecule is O=S(=O)(NCC1(C2CC2)CC1)c1ccc(CO)cn1. The van der Waals surface area contributed by atoms with E-state index in [1.165, 1.54) is 25.1 Å². The number of pyridine rings is 1. The summed E-state index contributed by atoms with van der Waals surface area (Å²) in [6.45, 7) is 0.398. The van der Waals surface area contributed by atoms with Gasteiger partial charge in [-0.2, -0.15) is 0 Å². The number of aliphatic hydroxyl groups is 1. The van der Waals surface area contributed by atoms with Gasteiger partial charge in [0.1, 0.15) is 0 Å². The molecular formula is C13H18N2O3S. The van der Waals surface area contributed by atoms with Crippen LogP contribution in [0.3, 0.4) is 0 Å². The van der Waals surface area contributed by atoms with Gasteiger partial charge in [-0.15, -0.1) is 0 Å². The normalized spacial score (nSPS) is 21.3. The van der Waals surface area contributed by atoms with Crippen LogP contribution in [0.1, 0.15) is 31.2 Å². The highest BCUT2D eigenvalue weighted by molar-refractivity contribution is 7.89. The summed E-state index contributed by atoms with van der Waals surface area (Å²) in [5.41, 5.74) is 0.841. The molecule has 2 fully saturated rings. The zero-order valence-electron chi connectivity index (χ0n) is 10.7. The van der Waals surface area contributed by atoms with Crippen LogP contribution in [0.2, 0.25) is 0 Å². The Bertz CT molecular complexity index is 560. The van der Waals surface area contributed by atoms with Crippen molar-refractivity contribution >= 4 is 10.0 Å². The van der Waals surface area contributed by atoms with E-state index in [2.05, 4.69) is 9.71 Å². The summed E-state index contributed by atoms with van der Waals surface area (Å²) in [4.78, 5) is 3.89. The molecule has 2 saturated carbocycles. The van der Waals surface area contributed by atoms with Gasteiger partial charge in [-0.3, -0.25) is 0 Å². The van der Waals surface area contributed by atoms with Gasteiger partial charge >= 0.3 is 0 Å². The van der Waals surface area contributed by atoms with E-state index in [9.17, 15) is 8.42 Å². The smallest absolute Gasteiger partial charge is 0.258 e. The fourth-order valence-corrected chi connectivity index (χ4v) is 3.63. The summed E-state index contributed by atoms with van der Waals surface area (Å²) in [7, 11) is -3.53. The van der Waals surface area contributed by atoms with Gasteiger partial charge in [0, 0.05) is 12.7 Å². The van der Waals surface area contributed by atoms with Crippen LogP contribution in [-0.4, -0.2) is 25.1 Å². The zero-order chi connectivity index (χ0) is 13.5. The Balaban J connectivity index is 1.67. The van der Waals surface area contributed by atoms with E-state index < -0.39 is 10.0 Å². The van der Waals surface area contributed by atoms with Crippen molar-refractivity contribution in [2.75, 3.05) is 6.54 Å². The average Bonchev–Trinajstić information content (AvgIpc) is 3.29. The van der Waals surface area contributed by atoms with Crippen molar-refractivity contribution < 1.29 is 13.5 Å². The lowest BCUT2D eigenvalue weighted by atomic mass is 10.0. The van der Waals surface area contributed by atoms with Crippen LogP contribution in [-0.2, 0) is 16.6 Å². The van der Waals surface area contributed by atoms with Crippen molar-refractivity contribution in [2.24, 2.45) is 11.3 Å². The molecule has 2 N–H and O–H groups in total. The number of aliphatic hydroxyl groups excluding tert-OH is 1. The number of hydrogen-bond donors (Lipinski definition) is 2. The third-order valence-electron chi connectivity index (χ3n) is 4.21. The van der Waals surface area contributed by atoms with Gasteiger partial charge in [0.25, 0.3) is 10.0 Å². The van der Waals surface area contributed by atoms with Crippen LogP contribution < -0.4 is 4.72 Å². The first-order valence-corrected chi connectivity index (χ1v) is 8.10. The van der Waals surface area contributed by atoms with Crippen molar-refractivity contribution in [1.82, 2.24) is 9.71 Å². The average molecular weight is 282 g/mol. The van der Waals surface area contributed by atoms with Gasteiger partial charge in [-0.05, 0) is 48.6 Å². The van der Waals surface area contributed by atoms with Crippen LogP contribution in [0.15, 0.2) is 23.4 Å². The highest BCUT2D eigenvalue weighted by atomic mass is 32.2. The van der Waals surface area contributed by atoms with Crippen molar-refractivity contribution in [3.8, 4) is 0 Å². The molecule has 0 amide bonds. The molecule has 6 heteroatoms. The molecule has 19 heavy (non-hydrogen) atoms. The Morgan fingerprint density at radius 1 is 1.37 bits per heavy atom. The third-order valence-corrected chi connectivity index (χ3v) is 5.52. The van der Waals surface area contributed by atoms with E-state index in [0.717, 1.165) is 18.8 Å². The number of hydrogen-bond acceptors (Lipinski definition) is 4. The summed E-state index contributed by atoms with van der Waals surface area (Å²) >= 11 is 0. The van der Waals surface area contributed by atoms with Gasteiger partial charge in [0.2, 0.25) is 0 Å². The maximum Gasteiger partial charge on any atom is 0.258 e. The number of nitrogens with zero attached hydrogens (tertiary/aromatic N) is 1. The number of aromatic nitrogens is 1. The molecule has 0 saturated heterocycles. The molecule has 0 atom stereocenters. The standard InChI is InChI=1S/C13H18N2O3S/c16-8-10-1-4-12(14-7-10)19(17,18)15-9-13(5-6-13)11-2-3-11/h1,4,7,11,15-16H,2-3,5-6,8-9H2. The minimum absolute atomic E-state index is 0.0243. The van der Waals surface area contributed by atoms with Crippen LogP contribution in [0.25, 0.3) is 0 Å². The van der Waals surface area contributed by atoms with E-state index in [0.29, 0.717) is 12.1 Å². The first-order valence-electron chi connectivity index (χ1n) is 6.61. The highest BCUT2D eigenvalue weighted by Crippen LogP contribution is 2.60. The quantitative estimate of drug-likeness (QED) is 0.817. The maximum atomic E-state index is 12.1. The monoisotopic (exact) mass is 282 g/mol. The van der Waals surface area contributed by atoms with Crippen molar-refractivity contribution in [3.05, 3.63) is 23.9 Å². The van der Waals surface area contributed by atoms with E-state index in [4.69, 9.17) is 5.11 Å². The molecule has 2 aliphatic carbocycles. The molecule has 0 bridgehead atoms. The number of nitrogens with one attached hydrogen (secondary N) is 1. The van der Waals surface area contributed by atoms with Gasteiger partial charge in [0.05, 0.1) is 6.61 Å². The Labute approximate surface area is 113 Å². The first kappa shape index (κ1) is 13.0. The minimum Gasteiger partial charge on any atom is -0.392 e. The number of rotatable bonds is 6. The van der Waals surface area contributed by atoms with Crippen LogP contribution in [0.5, 0.6) is 0 Å². The molecule has 1 heterocycles. The molecule has 0 spiro atoms. The zero-order valence-corrected chi connectivity index (χ0v) is 11.5. The predicted molar refractivity (Wildman–Crippen MR) is 69.7 cm³/mol. The van der Waals surface area contributed by atoms with Crippen LogP contribution in [0, 0.1) is 11.3 Å². The predicted octanol–water partition coefficient (Wildman–Crippen LogP) is 1.04. The molecule has 2 aliphatic rings. The second-order valence-corrected chi connectivity index (χ2v) is 7.34. The summed E-state index contributed by atoms with van der Waals surface area (Å²) in [5, 5.41) is 8.94. The van der Waals surface area contributed by atoms with Crippen molar-refractivity contribution in [3.63, 3.8) is 0 Å². The Kier molecular flexibility index (Phi) is 3.11.